The summed E-state index contributed by atoms with van der Waals surface area (Å²) in [4.78, 5) is 30.1. The van der Waals surface area contributed by atoms with Gasteiger partial charge in [-0.1, -0.05) is 52.0 Å². The number of aliphatic imine (C=N–C) groups is 1. The number of carboxylic acids is 1. The number of hydrogen-bond acceptors (Lipinski definition) is 5. The van der Waals surface area contributed by atoms with Gasteiger partial charge in [0.25, 0.3) is 0 Å². The van der Waals surface area contributed by atoms with Crippen LogP contribution in [0, 0.1) is 5.92 Å². The number of halogens is 1. The zero-order chi connectivity index (χ0) is 28.3. The van der Waals surface area contributed by atoms with E-state index in [0.717, 1.165) is 29.0 Å². The van der Waals surface area contributed by atoms with E-state index in [-0.39, 0.29) is 11.5 Å². The van der Waals surface area contributed by atoms with E-state index >= 15 is 0 Å². The van der Waals surface area contributed by atoms with Gasteiger partial charge in [0.05, 0.1) is 12.1 Å². The van der Waals surface area contributed by atoms with Gasteiger partial charge in [0.15, 0.2) is 0 Å². The molecule has 1 aliphatic heterocycles. The van der Waals surface area contributed by atoms with Gasteiger partial charge in [-0.25, -0.2) is 9.59 Å². The first kappa shape index (κ1) is 31.3. The molecule has 2 atom stereocenters. The summed E-state index contributed by atoms with van der Waals surface area (Å²) in [7, 11) is 0. The first-order valence-corrected chi connectivity index (χ1v) is 13.7. The zero-order valence-corrected chi connectivity index (χ0v) is 24.1. The minimum Gasteiger partial charge on any atom is -0.478 e. The van der Waals surface area contributed by atoms with E-state index in [0.29, 0.717) is 44.6 Å². The number of allylic oxidation sites excluding steroid dienone is 6. The summed E-state index contributed by atoms with van der Waals surface area (Å²) < 4.78 is 5.89. The largest absolute Gasteiger partial charge is 0.478 e. The second-order valence-electron chi connectivity index (χ2n) is 9.75. The Morgan fingerprint density at radius 1 is 1.37 bits per heavy atom. The number of carboxylic acid groups (broad SMARTS) is 1. The van der Waals surface area contributed by atoms with E-state index in [4.69, 9.17) is 16.3 Å². The fraction of sp³-hybridized carbons (Fsp3) is 0.500. The second-order valence-corrected chi connectivity index (χ2v) is 10.2. The SMILES string of the molecule is C=C/C(=C\C=C(/CC)N1CC(CC)(CCNCC2=C(/C(C)=C/N=CCC)CC(C)C(Cl)=C2)OC1=O)C(=O)O. The number of aliphatic carboxylic acids is 1. The van der Waals surface area contributed by atoms with Crippen molar-refractivity contribution in [2.75, 3.05) is 19.6 Å². The quantitative estimate of drug-likeness (QED) is 0.108. The van der Waals surface area contributed by atoms with Gasteiger partial charge in [0.1, 0.15) is 5.60 Å². The smallest absolute Gasteiger partial charge is 0.414 e. The van der Waals surface area contributed by atoms with Crippen LogP contribution in [0.4, 0.5) is 4.79 Å². The minimum absolute atomic E-state index is 0.0663. The molecule has 2 unspecified atom stereocenters. The Hall–Kier alpha value is -2.90. The second kappa shape index (κ2) is 14.9. The molecule has 1 saturated heterocycles. The molecule has 38 heavy (non-hydrogen) atoms. The van der Waals surface area contributed by atoms with Crippen molar-refractivity contribution in [1.29, 1.82) is 0 Å². The molecule has 7 nitrogen and oxygen atoms in total. The maximum atomic E-state index is 12.8. The molecule has 2 aliphatic rings. The van der Waals surface area contributed by atoms with E-state index in [1.54, 1.807) is 11.0 Å². The van der Waals surface area contributed by atoms with Gasteiger partial charge >= 0.3 is 12.1 Å². The molecular formula is C30H42ClN3O4. The van der Waals surface area contributed by atoms with Crippen molar-refractivity contribution >= 4 is 29.9 Å². The van der Waals surface area contributed by atoms with Crippen molar-refractivity contribution in [3.05, 3.63) is 70.1 Å². The summed E-state index contributed by atoms with van der Waals surface area (Å²) in [5.41, 5.74) is 3.71. The Kier molecular flexibility index (Phi) is 12.3. The van der Waals surface area contributed by atoms with Crippen molar-refractivity contribution in [3.8, 4) is 0 Å². The van der Waals surface area contributed by atoms with Crippen molar-refractivity contribution in [1.82, 2.24) is 10.2 Å². The Labute approximate surface area is 232 Å². The lowest BCUT2D eigenvalue weighted by molar-refractivity contribution is -0.132. The van der Waals surface area contributed by atoms with Crippen LogP contribution in [-0.4, -0.2) is 53.5 Å². The van der Waals surface area contributed by atoms with Gasteiger partial charge in [-0.2, -0.15) is 0 Å². The molecule has 0 aromatic carbocycles. The van der Waals surface area contributed by atoms with Crippen LogP contribution in [0.15, 0.2) is 75.1 Å². The molecule has 1 amide bonds. The van der Waals surface area contributed by atoms with E-state index in [1.165, 1.54) is 17.7 Å². The summed E-state index contributed by atoms with van der Waals surface area (Å²) in [5.74, 6) is -0.791. The highest BCUT2D eigenvalue weighted by atomic mass is 35.5. The molecule has 0 bridgehead atoms. The van der Waals surface area contributed by atoms with Crippen LogP contribution in [0.3, 0.4) is 0 Å². The summed E-state index contributed by atoms with van der Waals surface area (Å²) in [6.45, 7) is 15.5. The maximum Gasteiger partial charge on any atom is 0.414 e. The molecule has 0 aromatic rings. The highest BCUT2D eigenvalue weighted by molar-refractivity contribution is 6.30. The zero-order valence-electron chi connectivity index (χ0n) is 23.3. The molecule has 0 radical (unpaired) electrons. The normalized spacial score (nSPS) is 23.3. The number of nitrogens with zero attached hydrogens (tertiary/aromatic N) is 2. The molecule has 0 saturated carbocycles. The molecular weight excluding hydrogens is 502 g/mol. The number of hydrogen-bond donors (Lipinski definition) is 2. The third-order valence-electron chi connectivity index (χ3n) is 7.03. The number of nitrogens with one attached hydrogen (secondary N) is 1. The van der Waals surface area contributed by atoms with Crippen LogP contribution < -0.4 is 5.32 Å². The van der Waals surface area contributed by atoms with Gasteiger partial charge in [-0.05, 0) is 80.0 Å². The Balaban J connectivity index is 2.11. The van der Waals surface area contributed by atoms with Gasteiger partial charge in [0, 0.05) is 36.1 Å². The number of ether oxygens (including phenoxy) is 1. The van der Waals surface area contributed by atoms with E-state index in [1.807, 2.05) is 26.3 Å². The summed E-state index contributed by atoms with van der Waals surface area (Å²) >= 11 is 6.51. The monoisotopic (exact) mass is 543 g/mol. The fourth-order valence-corrected chi connectivity index (χ4v) is 4.74. The molecule has 2 rings (SSSR count). The van der Waals surface area contributed by atoms with Crippen LogP contribution in [0.1, 0.15) is 66.7 Å². The number of rotatable bonds is 14. The standard InChI is InChI=1S/C30H42ClN3O4/c1-7-14-32-18-22(6)26-16-21(5)27(31)17-24(26)19-33-15-13-30(10-4)20-34(29(37)38-30)25(9-3)12-11-23(8-2)28(35)36/h8,11-12,14,17-18,21,33H,2,7,9-10,13,15-16,19-20H2,1,3-6H3,(H,35,36)/b22-18+,23-11+,25-12+,32-14?. The van der Waals surface area contributed by atoms with Crippen LogP contribution in [0.2, 0.25) is 0 Å². The average Bonchev–Trinajstić information content (AvgIpc) is 3.22. The lowest BCUT2D eigenvalue weighted by Gasteiger charge is -2.27. The van der Waals surface area contributed by atoms with Crippen molar-refractivity contribution in [2.45, 2.75) is 72.3 Å². The van der Waals surface area contributed by atoms with Crippen LogP contribution in [-0.2, 0) is 9.53 Å². The predicted molar refractivity (Wildman–Crippen MR) is 155 cm³/mol. The summed E-state index contributed by atoms with van der Waals surface area (Å²) in [6, 6.07) is 0. The topological polar surface area (TPSA) is 91.2 Å². The third kappa shape index (κ3) is 8.30. The van der Waals surface area contributed by atoms with E-state index < -0.39 is 17.7 Å². The van der Waals surface area contributed by atoms with Gasteiger partial charge in [-0.15, -0.1) is 0 Å². The third-order valence-corrected chi connectivity index (χ3v) is 7.51. The number of cyclic esters (lactones) is 1. The Morgan fingerprint density at radius 2 is 2.11 bits per heavy atom. The molecule has 1 aliphatic carbocycles. The number of carbonyl (C=O) groups is 2. The van der Waals surface area contributed by atoms with Gasteiger partial charge in [0.2, 0.25) is 0 Å². The van der Waals surface area contributed by atoms with Crippen molar-refractivity contribution in [2.24, 2.45) is 10.9 Å². The van der Waals surface area contributed by atoms with Gasteiger partial charge in [-0.3, -0.25) is 9.89 Å². The summed E-state index contributed by atoms with van der Waals surface area (Å²) in [5, 5.41) is 13.6. The molecule has 1 fully saturated rings. The predicted octanol–water partition coefficient (Wildman–Crippen LogP) is 6.90. The average molecular weight is 544 g/mol. The van der Waals surface area contributed by atoms with E-state index in [2.05, 4.69) is 43.7 Å². The first-order chi connectivity index (χ1) is 18.1. The summed E-state index contributed by atoms with van der Waals surface area (Å²) in [6.07, 6.45) is 13.5. The molecule has 2 N–H and O–H groups in total. The maximum absolute atomic E-state index is 12.8. The molecule has 208 valence electrons. The van der Waals surface area contributed by atoms with Crippen LogP contribution in [0.25, 0.3) is 0 Å². The number of amides is 1. The minimum atomic E-state index is -1.06. The number of carbonyl (C=O) groups excluding carboxylic acids is 1. The lowest BCUT2D eigenvalue weighted by Crippen LogP contribution is -2.37. The highest BCUT2D eigenvalue weighted by Gasteiger charge is 2.44. The Bertz CT molecular complexity index is 1080. The van der Waals surface area contributed by atoms with Crippen molar-refractivity contribution < 1.29 is 19.4 Å². The fourth-order valence-electron chi connectivity index (χ4n) is 4.54. The Morgan fingerprint density at radius 3 is 2.71 bits per heavy atom. The van der Waals surface area contributed by atoms with E-state index in [9.17, 15) is 14.7 Å². The van der Waals surface area contributed by atoms with Crippen molar-refractivity contribution in [3.63, 3.8) is 0 Å². The molecule has 0 spiro atoms. The molecule has 8 heteroatoms. The lowest BCUT2D eigenvalue weighted by atomic mass is 9.86. The first-order valence-electron chi connectivity index (χ1n) is 13.4. The highest BCUT2D eigenvalue weighted by Crippen LogP contribution is 2.35. The van der Waals surface area contributed by atoms with Crippen LogP contribution >= 0.6 is 11.6 Å². The molecule has 0 aromatic heterocycles. The molecule has 1 heterocycles. The van der Waals surface area contributed by atoms with Crippen LogP contribution in [0.5, 0.6) is 0 Å². The van der Waals surface area contributed by atoms with Gasteiger partial charge < -0.3 is 15.2 Å².